The molecule has 0 aliphatic carbocycles. The molecular formula is C19H31IN4O2. The van der Waals surface area contributed by atoms with Crippen LogP contribution in [-0.2, 0) is 0 Å². The first-order chi connectivity index (χ1) is 12.0. The highest BCUT2D eigenvalue weighted by Gasteiger charge is 2.25. The summed E-state index contributed by atoms with van der Waals surface area (Å²) in [5.41, 5.74) is 7.31. The smallest absolute Gasteiger partial charge is 0.193 e. The monoisotopic (exact) mass is 474 g/mol. The molecule has 1 saturated heterocycles. The number of anilines is 1. The molecule has 0 bridgehead atoms. The van der Waals surface area contributed by atoms with Crippen molar-refractivity contribution in [2.24, 2.45) is 16.1 Å². The van der Waals surface area contributed by atoms with Crippen molar-refractivity contribution in [1.29, 1.82) is 0 Å². The molecule has 0 amide bonds. The summed E-state index contributed by atoms with van der Waals surface area (Å²) in [7, 11) is 0. The Kier molecular flexibility index (Phi) is 7.82. The van der Waals surface area contributed by atoms with Crippen LogP contribution in [0.2, 0.25) is 0 Å². The van der Waals surface area contributed by atoms with Gasteiger partial charge in [-0.15, -0.1) is 24.0 Å². The Labute approximate surface area is 173 Å². The molecule has 7 heteroatoms. The summed E-state index contributed by atoms with van der Waals surface area (Å²) >= 11 is 0. The predicted molar refractivity (Wildman–Crippen MR) is 117 cm³/mol. The molecule has 2 heterocycles. The highest BCUT2D eigenvalue weighted by Crippen LogP contribution is 2.32. The number of hydrogen-bond acceptors (Lipinski definition) is 4. The van der Waals surface area contributed by atoms with Gasteiger partial charge in [-0.25, -0.2) is 0 Å². The van der Waals surface area contributed by atoms with E-state index in [4.69, 9.17) is 15.2 Å². The van der Waals surface area contributed by atoms with Gasteiger partial charge in [-0.3, -0.25) is 4.99 Å². The van der Waals surface area contributed by atoms with E-state index in [1.807, 2.05) is 18.2 Å². The maximum atomic E-state index is 6.03. The molecule has 0 aromatic heterocycles. The molecule has 0 unspecified atom stereocenters. The second-order valence-electron chi connectivity index (χ2n) is 7.65. The molecule has 2 aliphatic heterocycles. The van der Waals surface area contributed by atoms with Gasteiger partial charge >= 0.3 is 0 Å². The Hall–Kier alpha value is -1.22. The van der Waals surface area contributed by atoms with E-state index in [1.54, 1.807) is 0 Å². The maximum Gasteiger partial charge on any atom is 0.193 e. The summed E-state index contributed by atoms with van der Waals surface area (Å²) in [6, 6.07) is 5.76. The lowest BCUT2D eigenvalue weighted by molar-refractivity contribution is 0.121. The van der Waals surface area contributed by atoms with Gasteiger partial charge in [-0.05, 0) is 36.9 Å². The second-order valence-corrected chi connectivity index (χ2v) is 7.65. The van der Waals surface area contributed by atoms with Crippen LogP contribution in [0.3, 0.4) is 0 Å². The summed E-state index contributed by atoms with van der Waals surface area (Å²) in [4.78, 5) is 6.94. The SMILES string of the molecule is CC1(C)CCCN(CCN=C(N)Nc2ccc3c(c2)OCCCO3)C1.I. The van der Waals surface area contributed by atoms with Crippen molar-refractivity contribution in [2.45, 2.75) is 33.1 Å². The minimum Gasteiger partial charge on any atom is -0.490 e. The lowest BCUT2D eigenvalue weighted by atomic mass is 9.84. The largest absolute Gasteiger partial charge is 0.490 e. The second kappa shape index (κ2) is 9.64. The van der Waals surface area contributed by atoms with Crippen LogP contribution in [0.15, 0.2) is 23.2 Å². The quantitative estimate of drug-likeness (QED) is 0.398. The predicted octanol–water partition coefficient (Wildman–Crippen LogP) is 3.31. The fourth-order valence-electron chi connectivity index (χ4n) is 3.48. The number of benzene rings is 1. The summed E-state index contributed by atoms with van der Waals surface area (Å²) in [5, 5.41) is 3.14. The van der Waals surface area contributed by atoms with E-state index in [0.29, 0.717) is 31.1 Å². The molecule has 3 N–H and O–H groups in total. The van der Waals surface area contributed by atoms with Crippen molar-refractivity contribution >= 4 is 35.6 Å². The number of likely N-dealkylation sites (tertiary alicyclic amines) is 1. The number of halogens is 1. The van der Waals surface area contributed by atoms with Gasteiger partial charge in [-0.2, -0.15) is 0 Å². The fraction of sp³-hybridized carbons (Fsp3) is 0.632. The van der Waals surface area contributed by atoms with Gasteiger partial charge < -0.3 is 25.4 Å². The standard InChI is InChI=1S/C19H30N4O2.HI/c1-19(2)7-3-9-23(14-19)10-8-21-18(20)22-15-5-6-16-17(13-15)25-12-4-11-24-16;/h5-6,13H,3-4,7-12,14H2,1-2H3,(H3,20,21,22);1H. The van der Waals surface area contributed by atoms with Crippen LogP contribution in [0.25, 0.3) is 0 Å². The maximum absolute atomic E-state index is 6.03. The molecular weight excluding hydrogens is 443 g/mol. The van der Waals surface area contributed by atoms with Gasteiger partial charge in [0.05, 0.1) is 19.8 Å². The van der Waals surface area contributed by atoms with Gasteiger partial charge in [0.15, 0.2) is 17.5 Å². The number of guanidine groups is 1. The molecule has 1 aromatic rings. The normalized spacial score (nSPS) is 20.0. The first-order valence-corrected chi connectivity index (χ1v) is 9.21. The number of piperidine rings is 1. The summed E-state index contributed by atoms with van der Waals surface area (Å²) in [6.07, 6.45) is 3.47. The van der Waals surface area contributed by atoms with Crippen LogP contribution in [0.1, 0.15) is 33.1 Å². The number of hydrogen-bond donors (Lipinski definition) is 2. The van der Waals surface area contributed by atoms with Gasteiger partial charge in [0.1, 0.15) is 0 Å². The average Bonchev–Trinajstić information content (AvgIpc) is 2.79. The average molecular weight is 474 g/mol. The minimum atomic E-state index is 0. The number of ether oxygens (including phenoxy) is 2. The van der Waals surface area contributed by atoms with Crippen LogP contribution in [0.4, 0.5) is 5.69 Å². The molecule has 1 aromatic carbocycles. The van der Waals surface area contributed by atoms with Gasteiger partial charge in [0, 0.05) is 31.3 Å². The van der Waals surface area contributed by atoms with E-state index in [9.17, 15) is 0 Å². The fourth-order valence-corrected chi connectivity index (χ4v) is 3.48. The zero-order valence-corrected chi connectivity index (χ0v) is 18.1. The lowest BCUT2D eigenvalue weighted by Gasteiger charge is -2.37. The molecule has 6 nitrogen and oxygen atoms in total. The van der Waals surface area contributed by atoms with Crippen LogP contribution in [-0.4, -0.2) is 50.3 Å². The highest BCUT2D eigenvalue weighted by molar-refractivity contribution is 14.0. The van der Waals surface area contributed by atoms with Crippen LogP contribution in [0, 0.1) is 5.41 Å². The molecule has 3 rings (SSSR count). The summed E-state index contributed by atoms with van der Waals surface area (Å²) in [6.45, 7) is 9.99. The van der Waals surface area contributed by atoms with Crippen molar-refractivity contribution in [3.05, 3.63) is 18.2 Å². The molecule has 146 valence electrons. The van der Waals surface area contributed by atoms with E-state index >= 15 is 0 Å². The molecule has 2 aliphatic rings. The number of nitrogens with two attached hydrogens (primary N) is 1. The molecule has 26 heavy (non-hydrogen) atoms. The number of fused-ring (bicyclic) bond motifs is 1. The van der Waals surface area contributed by atoms with Crippen LogP contribution in [0.5, 0.6) is 11.5 Å². The lowest BCUT2D eigenvalue weighted by Crippen LogP contribution is -2.41. The Balaban J connectivity index is 0.00000243. The van der Waals surface area contributed by atoms with E-state index < -0.39 is 0 Å². The van der Waals surface area contributed by atoms with E-state index in [2.05, 4.69) is 29.1 Å². The summed E-state index contributed by atoms with van der Waals surface area (Å²) in [5.74, 6) is 1.97. The first kappa shape index (κ1) is 21.1. The molecule has 0 spiro atoms. The van der Waals surface area contributed by atoms with Crippen molar-refractivity contribution in [2.75, 3.05) is 44.7 Å². The number of aliphatic imine (C=N–C) groups is 1. The third-order valence-electron chi connectivity index (χ3n) is 4.70. The number of nitrogens with zero attached hydrogens (tertiary/aromatic N) is 2. The minimum absolute atomic E-state index is 0. The Morgan fingerprint density at radius 3 is 2.77 bits per heavy atom. The first-order valence-electron chi connectivity index (χ1n) is 9.21. The van der Waals surface area contributed by atoms with Crippen molar-refractivity contribution < 1.29 is 9.47 Å². The van der Waals surface area contributed by atoms with Crippen LogP contribution >= 0.6 is 24.0 Å². The van der Waals surface area contributed by atoms with Gasteiger partial charge in [0.25, 0.3) is 0 Å². The Morgan fingerprint density at radius 1 is 1.23 bits per heavy atom. The van der Waals surface area contributed by atoms with Crippen molar-refractivity contribution in [1.82, 2.24) is 4.90 Å². The van der Waals surface area contributed by atoms with Crippen molar-refractivity contribution in [3.63, 3.8) is 0 Å². The molecule has 0 radical (unpaired) electrons. The third kappa shape index (κ3) is 6.19. The van der Waals surface area contributed by atoms with Gasteiger partial charge in [0.2, 0.25) is 0 Å². The number of nitrogens with one attached hydrogen (secondary N) is 1. The zero-order chi connectivity index (χ0) is 17.7. The van der Waals surface area contributed by atoms with Crippen molar-refractivity contribution in [3.8, 4) is 11.5 Å². The summed E-state index contributed by atoms with van der Waals surface area (Å²) < 4.78 is 11.3. The highest BCUT2D eigenvalue weighted by atomic mass is 127. The van der Waals surface area contributed by atoms with E-state index in [-0.39, 0.29) is 24.0 Å². The zero-order valence-electron chi connectivity index (χ0n) is 15.8. The molecule has 0 atom stereocenters. The van der Waals surface area contributed by atoms with Crippen LogP contribution < -0.4 is 20.5 Å². The topological polar surface area (TPSA) is 72.1 Å². The Bertz CT molecular complexity index is 622. The van der Waals surface area contributed by atoms with E-state index in [1.165, 1.54) is 12.8 Å². The van der Waals surface area contributed by atoms with E-state index in [0.717, 1.165) is 43.2 Å². The molecule has 1 fully saturated rings. The number of rotatable bonds is 4. The Morgan fingerprint density at radius 2 is 2.00 bits per heavy atom. The van der Waals surface area contributed by atoms with Gasteiger partial charge in [-0.1, -0.05) is 13.8 Å². The third-order valence-corrected chi connectivity index (χ3v) is 4.70. The molecule has 0 saturated carbocycles.